The average Bonchev–Trinajstić information content (AvgIpc) is 3.13. The van der Waals surface area contributed by atoms with Gasteiger partial charge in [-0.1, -0.05) is 39.0 Å². The van der Waals surface area contributed by atoms with Crippen LogP contribution in [0.15, 0.2) is 66.9 Å². The highest BCUT2D eigenvalue weighted by atomic mass is 19.4. The summed E-state index contributed by atoms with van der Waals surface area (Å²) >= 11 is 0. The number of esters is 1. The number of hydrogen-bond donors (Lipinski definition) is 1. The zero-order valence-corrected chi connectivity index (χ0v) is 22.4. The van der Waals surface area contributed by atoms with Gasteiger partial charge in [-0.3, -0.25) is 4.40 Å². The highest BCUT2D eigenvalue weighted by Gasteiger charge is 2.31. The summed E-state index contributed by atoms with van der Waals surface area (Å²) in [6.07, 6.45) is -1.69. The number of halogens is 3. The smallest absolute Gasteiger partial charge is 0.416 e. The lowest BCUT2D eigenvalue weighted by atomic mass is 9.82. The van der Waals surface area contributed by atoms with Crippen LogP contribution in [0.1, 0.15) is 62.5 Å². The Kier molecular flexibility index (Phi) is 7.03. The van der Waals surface area contributed by atoms with Crippen LogP contribution < -0.4 is 10.1 Å². The van der Waals surface area contributed by atoms with Crippen molar-refractivity contribution in [2.75, 3.05) is 5.32 Å². The second-order valence-corrected chi connectivity index (χ2v) is 11.5. The number of nitrogens with zero attached hydrogens (tertiary/aromatic N) is 2. The van der Waals surface area contributed by atoms with Gasteiger partial charge in [-0.25, -0.2) is 9.78 Å². The molecule has 4 aromatic rings. The Bertz CT molecular complexity index is 1480. The number of pyridine rings is 1. The summed E-state index contributed by atoms with van der Waals surface area (Å²) in [6, 6.07) is 15.0. The van der Waals surface area contributed by atoms with Crippen LogP contribution in [0.4, 0.5) is 19.0 Å². The quantitative estimate of drug-likeness (QED) is 0.205. The van der Waals surface area contributed by atoms with Crippen LogP contribution in [0.25, 0.3) is 16.9 Å². The molecule has 1 N–H and O–H groups in total. The predicted octanol–water partition coefficient (Wildman–Crippen LogP) is 8.17. The van der Waals surface area contributed by atoms with Gasteiger partial charge in [-0.05, 0) is 80.6 Å². The molecule has 0 unspecified atom stereocenters. The van der Waals surface area contributed by atoms with E-state index in [4.69, 9.17) is 9.72 Å². The van der Waals surface area contributed by atoms with E-state index in [0.717, 1.165) is 35.6 Å². The molecule has 2 heterocycles. The zero-order valence-electron chi connectivity index (χ0n) is 22.4. The Hall–Kier alpha value is -3.81. The largest absolute Gasteiger partial charge is 0.423 e. The number of aromatic nitrogens is 2. The fourth-order valence-electron chi connectivity index (χ4n) is 4.85. The summed E-state index contributed by atoms with van der Waals surface area (Å²) in [5.74, 6) is 0.136. The SMILES string of the molecule is Cc1ccn2c(NC(C)(C)CC(C)(C)C)c(-c3cccc(OC(=O)c4cccc(C(F)(F)F)c4)c3)nc2c1. The number of carbonyl (C=O) groups is 1. The molecule has 0 saturated carbocycles. The molecule has 2 aromatic heterocycles. The number of fused-ring (bicyclic) bond motifs is 1. The fourth-order valence-corrected chi connectivity index (χ4v) is 4.85. The Labute approximate surface area is 220 Å². The molecule has 0 aliphatic carbocycles. The number of carbonyl (C=O) groups excluding carboxylic acids is 1. The number of alkyl halides is 3. The van der Waals surface area contributed by atoms with Crippen molar-refractivity contribution in [2.24, 2.45) is 5.41 Å². The highest BCUT2D eigenvalue weighted by Crippen LogP contribution is 2.36. The van der Waals surface area contributed by atoms with Gasteiger partial charge in [0.1, 0.15) is 22.9 Å². The van der Waals surface area contributed by atoms with Gasteiger partial charge < -0.3 is 10.1 Å². The molecule has 200 valence electrons. The maximum absolute atomic E-state index is 13.1. The Morgan fingerprint density at radius 3 is 2.37 bits per heavy atom. The molecule has 0 atom stereocenters. The van der Waals surface area contributed by atoms with E-state index >= 15 is 0 Å². The third-order valence-corrected chi connectivity index (χ3v) is 5.95. The Morgan fingerprint density at radius 2 is 1.68 bits per heavy atom. The topological polar surface area (TPSA) is 55.6 Å². The number of imidazole rings is 1. The first kappa shape index (κ1) is 27.2. The first-order chi connectivity index (χ1) is 17.6. The summed E-state index contributed by atoms with van der Waals surface area (Å²) in [5, 5.41) is 3.68. The van der Waals surface area contributed by atoms with Gasteiger partial charge in [0.15, 0.2) is 0 Å². The summed E-state index contributed by atoms with van der Waals surface area (Å²) < 4.78 is 46.7. The van der Waals surface area contributed by atoms with Crippen LogP contribution in [-0.4, -0.2) is 20.9 Å². The molecule has 8 heteroatoms. The number of nitrogens with one attached hydrogen (secondary N) is 1. The van der Waals surface area contributed by atoms with Crippen LogP contribution in [-0.2, 0) is 6.18 Å². The van der Waals surface area contributed by atoms with Crippen molar-refractivity contribution in [1.29, 1.82) is 0 Å². The lowest BCUT2D eigenvalue weighted by molar-refractivity contribution is -0.137. The third-order valence-electron chi connectivity index (χ3n) is 5.95. The van der Waals surface area contributed by atoms with Crippen molar-refractivity contribution < 1.29 is 22.7 Å². The van der Waals surface area contributed by atoms with E-state index in [1.165, 1.54) is 12.1 Å². The van der Waals surface area contributed by atoms with Crippen molar-refractivity contribution in [3.05, 3.63) is 83.6 Å². The van der Waals surface area contributed by atoms with Crippen LogP contribution in [0.5, 0.6) is 5.75 Å². The predicted molar refractivity (Wildman–Crippen MR) is 144 cm³/mol. The average molecular weight is 524 g/mol. The van der Waals surface area contributed by atoms with E-state index < -0.39 is 17.7 Å². The first-order valence-electron chi connectivity index (χ1n) is 12.4. The third kappa shape index (κ3) is 6.36. The van der Waals surface area contributed by atoms with Crippen LogP contribution in [0, 0.1) is 12.3 Å². The van der Waals surface area contributed by atoms with Gasteiger partial charge in [-0.2, -0.15) is 13.2 Å². The van der Waals surface area contributed by atoms with E-state index in [1.54, 1.807) is 18.2 Å². The summed E-state index contributed by atoms with van der Waals surface area (Å²) in [5.41, 5.74) is 1.95. The molecule has 0 aliphatic rings. The fraction of sp³-hybridized carbons (Fsp3) is 0.333. The van der Waals surface area contributed by atoms with Gasteiger partial charge in [-0.15, -0.1) is 0 Å². The molecule has 38 heavy (non-hydrogen) atoms. The maximum atomic E-state index is 13.1. The van der Waals surface area contributed by atoms with Crippen molar-refractivity contribution in [3.63, 3.8) is 0 Å². The molecule has 0 spiro atoms. The standard InChI is InChI=1S/C30H32F3N3O2/c1-19-13-14-36-24(15-19)34-25(26(36)35-29(5,6)18-28(2,3)4)20-9-8-12-23(17-20)38-27(37)21-10-7-11-22(16-21)30(31,32)33/h7-17,35H,18H2,1-6H3. The summed E-state index contributed by atoms with van der Waals surface area (Å²) in [6.45, 7) is 12.9. The zero-order chi connectivity index (χ0) is 27.9. The number of ether oxygens (including phenoxy) is 1. The number of hydrogen-bond acceptors (Lipinski definition) is 4. The minimum atomic E-state index is -4.55. The van der Waals surface area contributed by atoms with Gasteiger partial charge in [0.05, 0.1) is 11.1 Å². The summed E-state index contributed by atoms with van der Waals surface area (Å²) in [7, 11) is 0. The molecule has 5 nitrogen and oxygen atoms in total. The lowest BCUT2D eigenvalue weighted by Crippen LogP contribution is -2.36. The second-order valence-electron chi connectivity index (χ2n) is 11.5. The highest BCUT2D eigenvalue weighted by molar-refractivity contribution is 5.91. The normalized spacial score (nSPS) is 12.6. The summed E-state index contributed by atoms with van der Waals surface area (Å²) in [4.78, 5) is 17.6. The minimum Gasteiger partial charge on any atom is -0.423 e. The number of rotatable bonds is 6. The molecular weight excluding hydrogens is 491 g/mol. The second kappa shape index (κ2) is 9.82. The molecule has 0 saturated heterocycles. The van der Waals surface area contributed by atoms with Crippen LogP contribution in [0.2, 0.25) is 0 Å². The first-order valence-corrected chi connectivity index (χ1v) is 12.4. The number of anilines is 1. The molecule has 0 aliphatic heterocycles. The molecule has 2 aromatic carbocycles. The van der Waals surface area contributed by atoms with E-state index in [1.807, 2.05) is 35.7 Å². The lowest BCUT2D eigenvalue weighted by Gasteiger charge is -2.34. The number of benzene rings is 2. The van der Waals surface area contributed by atoms with E-state index in [9.17, 15) is 18.0 Å². The number of aryl methyl sites for hydroxylation is 1. The van der Waals surface area contributed by atoms with Gasteiger partial charge in [0.2, 0.25) is 0 Å². The van der Waals surface area contributed by atoms with Crippen molar-refractivity contribution in [3.8, 4) is 17.0 Å². The van der Waals surface area contributed by atoms with E-state index in [0.29, 0.717) is 11.3 Å². The molecule has 0 fully saturated rings. The van der Waals surface area contributed by atoms with Gasteiger partial charge in [0.25, 0.3) is 0 Å². The van der Waals surface area contributed by atoms with Crippen LogP contribution >= 0.6 is 0 Å². The monoisotopic (exact) mass is 523 g/mol. The maximum Gasteiger partial charge on any atom is 0.416 e. The Morgan fingerprint density at radius 1 is 0.974 bits per heavy atom. The molecule has 0 radical (unpaired) electrons. The van der Waals surface area contributed by atoms with Crippen molar-refractivity contribution in [1.82, 2.24) is 9.38 Å². The van der Waals surface area contributed by atoms with Crippen molar-refractivity contribution in [2.45, 2.75) is 59.7 Å². The van der Waals surface area contributed by atoms with Crippen molar-refractivity contribution >= 4 is 17.4 Å². The van der Waals surface area contributed by atoms with Gasteiger partial charge in [0, 0.05) is 17.3 Å². The van der Waals surface area contributed by atoms with E-state index in [-0.39, 0.29) is 22.3 Å². The molecule has 0 bridgehead atoms. The molecule has 4 rings (SSSR count). The van der Waals surface area contributed by atoms with E-state index in [2.05, 4.69) is 39.9 Å². The molecule has 0 amide bonds. The minimum absolute atomic E-state index is 0.0886. The van der Waals surface area contributed by atoms with Gasteiger partial charge >= 0.3 is 12.1 Å². The van der Waals surface area contributed by atoms with Crippen LogP contribution in [0.3, 0.4) is 0 Å². The molecular formula is C30H32F3N3O2. The Balaban J connectivity index is 1.70.